The van der Waals surface area contributed by atoms with Crippen molar-refractivity contribution in [1.29, 1.82) is 0 Å². The van der Waals surface area contributed by atoms with Crippen LogP contribution in [0, 0.1) is 6.92 Å². The first-order valence-electron chi connectivity index (χ1n) is 11.2. The fourth-order valence-electron chi connectivity index (χ4n) is 3.88. The molecule has 1 aromatic carbocycles. The molecule has 156 valence electrons. The topological polar surface area (TPSA) is 11.4 Å². The summed E-state index contributed by atoms with van der Waals surface area (Å²) in [6.07, 6.45) is 7.97. The molecule has 0 radical (unpaired) electrons. The van der Waals surface area contributed by atoms with Gasteiger partial charge in [-0.15, -0.1) is 0 Å². The molecule has 0 bridgehead atoms. The molecular weight excluding hydrogens is 354 g/mol. The van der Waals surface area contributed by atoms with Crippen molar-refractivity contribution in [2.75, 3.05) is 39.3 Å². The Labute approximate surface area is 177 Å². The van der Waals surface area contributed by atoms with E-state index in [0.717, 1.165) is 19.4 Å². The second-order valence-corrected chi connectivity index (χ2v) is 8.15. The number of aryl methyl sites for hydroxylation is 3. The van der Waals surface area contributed by atoms with Gasteiger partial charge in [-0.3, -0.25) is 0 Å². The molecule has 1 fully saturated rings. The Morgan fingerprint density at radius 3 is 2.14 bits per heavy atom. The summed E-state index contributed by atoms with van der Waals surface area (Å²) in [4.78, 5) is 5.25. The summed E-state index contributed by atoms with van der Waals surface area (Å²) in [5.41, 5.74) is 4.13. The number of nitrogens with zero attached hydrogens (tertiary/aromatic N) is 3. The summed E-state index contributed by atoms with van der Waals surface area (Å²) >= 11 is 0. The molecule has 3 heteroatoms. The van der Waals surface area contributed by atoms with Crippen LogP contribution in [0.5, 0.6) is 0 Å². The zero-order chi connectivity index (χ0) is 20.3. The first kappa shape index (κ1) is 21.6. The van der Waals surface area contributed by atoms with Crippen LogP contribution in [0.15, 0.2) is 67.0 Å². The van der Waals surface area contributed by atoms with Crippen LogP contribution in [0.25, 0.3) is 0 Å². The first-order valence-corrected chi connectivity index (χ1v) is 11.2. The molecule has 0 N–H and O–H groups in total. The molecule has 0 atom stereocenters. The molecule has 3 nitrogen and oxygen atoms in total. The maximum Gasteiger partial charge on any atom is 0.0231 e. The van der Waals surface area contributed by atoms with Crippen molar-refractivity contribution in [2.45, 2.75) is 39.7 Å². The average Bonchev–Trinajstić information content (AvgIpc) is 2.84. The highest BCUT2D eigenvalue weighted by Gasteiger charge is 2.15. The third-order valence-corrected chi connectivity index (χ3v) is 5.85. The van der Waals surface area contributed by atoms with Gasteiger partial charge in [0.2, 0.25) is 0 Å². The van der Waals surface area contributed by atoms with Crippen molar-refractivity contribution in [1.82, 2.24) is 14.4 Å². The van der Waals surface area contributed by atoms with Crippen LogP contribution in [0.3, 0.4) is 0 Å². The summed E-state index contributed by atoms with van der Waals surface area (Å²) in [5.74, 6) is 0. The third kappa shape index (κ3) is 7.68. The zero-order valence-corrected chi connectivity index (χ0v) is 18.3. The summed E-state index contributed by atoms with van der Waals surface area (Å²) < 4.78 is 2.36. The highest BCUT2D eigenvalue weighted by atomic mass is 15.3. The van der Waals surface area contributed by atoms with Crippen LogP contribution in [-0.2, 0) is 19.4 Å². The van der Waals surface area contributed by atoms with Gasteiger partial charge < -0.3 is 14.4 Å². The van der Waals surface area contributed by atoms with Gasteiger partial charge in [-0.2, -0.15) is 0 Å². The third-order valence-electron chi connectivity index (χ3n) is 5.85. The van der Waals surface area contributed by atoms with Crippen molar-refractivity contribution in [3.8, 4) is 0 Å². The average molecular weight is 392 g/mol. The number of piperazine rings is 1. The maximum atomic E-state index is 2.63. The molecule has 0 saturated carbocycles. The van der Waals surface area contributed by atoms with Crippen molar-refractivity contribution >= 4 is 0 Å². The molecule has 1 aliphatic rings. The van der Waals surface area contributed by atoms with E-state index >= 15 is 0 Å². The second-order valence-electron chi connectivity index (χ2n) is 8.15. The minimum atomic E-state index is 1.07. The fourth-order valence-corrected chi connectivity index (χ4v) is 3.88. The number of aromatic nitrogens is 1. The van der Waals surface area contributed by atoms with Crippen molar-refractivity contribution in [2.24, 2.45) is 0 Å². The quantitative estimate of drug-likeness (QED) is 0.644. The van der Waals surface area contributed by atoms with Crippen LogP contribution >= 0.6 is 0 Å². The lowest BCUT2D eigenvalue weighted by Gasteiger charge is -2.34. The predicted octanol–water partition coefficient (Wildman–Crippen LogP) is 4.73. The molecule has 1 saturated heterocycles. The Morgan fingerprint density at radius 1 is 0.724 bits per heavy atom. The van der Waals surface area contributed by atoms with Gasteiger partial charge in [0, 0.05) is 51.7 Å². The smallest absolute Gasteiger partial charge is 0.0231 e. The number of benzene rings is 1. The van der Waals surface area contributed by atoms with E-state index in [9.17, 15) is 0 Å². The van der Waals surface area contributed by atoms with E-state index in [1.54, 1.807) is 0 Å². The second kappa shape index (κ2) is 11.8. The Bertz CT molecular complexity index is 772. The lowest BCUT2D eigenvalue weighted by molar-refractivity contribution is 0.131. The molecule has 0 unspecified atom stereocenters. The van der Waals surface area contributed by atoms with Gasteiger partial charge in [0.05, 0.1) is 0 Å². The van der Waals surface area contributed by atoms with Crippen molar-refractivity contribution in [3.05, 3.63) is 83.7 Å². The van der Waals surface area contributed by atoms with Crippen LogP contribution in [-0.4, -0.2) is 53.6 Å². The highest BCUT2D eigenvalue weighted by Crippen LogP contribution is 2.07. The van der Waals surface area contributed by atoms with Crippen molar-refractivity contribution < 1.29 is 0 Å². The monoisotopic (exact) mass is 391 g/mol. The lowest BCUT2D eigenvalue weighted by atomic mass is 10.1. The molecular formula is C26H37N3. The number of hydrogen-bond acceptors (Lipinski definition) is 2. The Hall–Kier alpha value is -2.10. The zero-order valence-electron chi connectivity index (χ0n) is 18.3. The van der Waals surface area contributed by atoms with E-state index in [1.807, 2.05) is 0 Å². The van der Waals surface area contributed by atoms with E-state index in [0.29, 0.717) is 0 Å². The molecule has 2 heterocycles. The van der Waals surface area contributed by atoms with Gasteiger partial charge in [-0.05, 0) is 55.5 Å². The standard InChI is InChI=1S/C26H37N3/c1-3-25-12-7-9-24(2)13-17-29(23-25)16-8-15-27-19-21-28(22-20-27)18-14-26-10-5-4-6-11-26/h4-7,9-13,17,23H,3,8,14-16,18-22H2,1-2H3. The number of hydrogen-bond donors (Lipinski definition) is 0. The Kier molecular flexibility index (Phi) is 8.79. The minimum Gasteiger partial charge on any atom is -0.354 e. The predicted molar refractivity (Wildman–Crippen MR) is 124 cm³/mol. The fraction of sp³-hybridized carbons (Fsp3) is 0.462. The molecule has 29 heavy (non-hydrogen) atoms. The van der Waals surface area contributed by atoms with Gasteiger partial charge in [-0.25, -0.2) is 0 Å². The van der Waals surface area contributed by atoms with Gasteiger partial charge >= 0.3 is 0 Å². The highest BCUT2D eigenvalue weighted by molar-refractivity contribution is 5.15. The van der Waals surface area contributed by atoms with Gasteiger partial charge in [0.15, 0.2) is 0 Å². The van der Waals surface area contributed by atoms with E-state index < -0.39 is 0 Å². The molecule has 2 aromatic rings. The van der Waals surface area contributed by atoms with Gasteiger partial charge in [0.25, 0.3) is 0 Å². The van der Waals surface area contributed by atoms with Gasteiger partial charge in [-0.1, -0.05) is 55.5 Å². The van der Waals surface area contributed by atoms with Gasteiger partial charge in [0.1, 0.15) is 0 Å². The summed E-state index contributed by atoms with van der Waals surface area (Å²) in [6.45, 7) is 12.6. The summed E-state index contributed by atoms with van der Waals surface area (Å²) in [7, 11) is 0. The van der Waals surface area contributed by atoms with Crippen LogP contribution in [0.2, 0.25) is 0 Å². The minimum absolute atomic E-state index is 1.07. The molecule has 1 aromatic heterocycles. The van der Waals surface area contributed by atoms with E-state index in [2.05, 4.69) is 95.2 Å². The van der Waals surface area contributed by atoms with Crippen LogP contribution in [0.1, 0.15) is 30.0 Å². The summed E-state index contributed by atoms with van der Waals surface area (Å²) in [6, 6.07) is 19.7. The Morgan fingerprint density at radius 2 is 1.41 bits per heavy atom. The lowest BCUT2D eigenvalue weighted by Crippen LogP contribution is -2.47. The maximum absolute atomic E-state index is 2.63. The SMILES string of the molecule is CCc1cccc(C)ccn(CCCN2CCN(CCc3ccccc3)CC2)c1. The number of rotatable bonds is 8. The molecule has 0 spiro atoms. The molecule has 0 aliphatic carbocycles. The summed E-state index contributed by atoms with van der Waals surface area (Å²) in [5, 5.41) is 0. The molecule has 3 rings (SSSR count). The molecule has 1 aliphatic heterocycles. The van der Waals surface area contributed by atoms with E-state index in [1.165, 1.54) is 62.4 Å². The normalized spacial score (nSPS) is 15.2. The van der Waals surface area contributed by atoms with Crippen molar-refractivity contribution in [3.63, 3.8) is 0 Å². The Balaban J connectivity index is 1.42. The van der Waals surface area contributed by atoms with Crippen LogP contribution < -0.4 is 0 Å². The van der Waals surface area contributed by atoms with E-state index in [-0.39, 0.29) is 0 Å². The van der Waals surface area contributed by atoms with Crippen LogP contribution in [0.4, 0.5) is 0 Å². The van der Waals surface area contributed by atoms with E-state index in [4.69, 9.17) is 0 Å². The first-order chi connectivity index (χ1) is 14.2. The molecule has 0 amide bonds. The largest absolute Gasteiger partial charge is 0.354 e.